The molecule has 4 nitrogen and oxygen atoms in total. The number of hydrogen-bond acceptors (Lipinski definition) is 3. The van der Waals surface area contributed by atoms with Gasteiger partial charge in [0.1, 0.15) is 6.29 Å². The molecule has 0 saturated carbocycles. The Morgan fingerprint density at radius 1 is 1.36 bits per heavy atom. The van der Waals surface area contributed by atoms with Gasteiger partial charge in [0.2, 0.25) is 6.41 Å². The van der Waals surface area contributed by atoms with Crippen molar-refractivity contribution < 1.29 is 14.3 Å². The standard InChI is InChI=1S/C10H17NO3/c1-10(2,3)14-9-4-8(6-12)11(5-9)7-13/h6-9H,4-5H2,1-3H3/t8-,9+/m0/s1. The maximum Gasteiger partial charge on any atom is 0.210 e. The molecular formula is C10H17NO3. The number of rotatable bonds is 3. The van der Waals surface area contributed by atoms with Gasteiger partial charge in [-0.2, -0.15) is 0 Å². The molecule has 0 N–H and O–H groups in total. The van der Waals surface area contributed by atoms with Gasteiger partial charge in [-0.15, -0.1) is 0 Å². The van der Waals surface area contributed by atoms with Crippen molar-refractivity contribution in [3.05, 3.63) is 0 Å². The largest absolute Gasteiger partial charge is 0.371 e. The summed E-state index contributed by atoms with van der Waals surface area (Å²) in [6.07, 6.45) is 2.11. The molecule has 2 atom stereocenters. The van der Waals surface area contributed by atoms with Gasteiger partial charge in [-0.25, -0.2) is 0 Å². The summed E-state index contributed by atoms with van der Waals surface area (Å²) >= 11 is 0. The van der Waals surface area contributed by atoms with Crippen LogP contribution in [-0.2, 0) is 14.3 Å². The first kappa shape index (κ1) is 11.2. The molecule has 1 amide bonds. The summed E-state index contributed by atoms with van der Waals surface area (Å²) in [5, 5.41) is 0. The first-order chi connectivity index (χ1) is 6.46. The molecule has 1 rings (SSSR count). The van der Waals surface area contributed by atoms with Crippen molar-refractivity contribution in [3.8, 4) is 0 Å². The average Bonchev–Trinajstić information content (AvgIpc) is 2.43. The van der Waals surface area contributed by atoms with Gasteiger partial charge in [-0.05, 0) is 20.8 Å². The van der Waals surface area contributed by atoms with E-state index in [0.717, 1.165) is 6.29 Å². The van der Waals surface area contributed by atoms with Gasteiger partial charge in [-0.1, -0.05) is 0 Å². The maximum absolute atomic E-state index is 10.6. The van der Waals surface area contributed by atoms with Crippen molar-refractivity contribution in [2.75, 3.05) is 6.54 Å². The lowest BCUT2D eigenvalue weighted by atomic mass is 10.1. The molecule has 0 spiro atoms. The van der Waals surface area contributed by atoms with Crippen molar-refractivity contribution in [2.24, 2.45) is 0 Å². The second kappa shape index (κ2) is 4.09. The molecule has 0 radical (unpaired) electrons. The molecule has 1 aliphatic heterocycles. The predicted octanol–water partition coefficient (Wildman–Crippen LogP) is 0.600. The van der Waals surface area contributed by atoms with Crippen molar-refractivity contribution in [1.82, 2.24) is 4.90 Å². The molecule has 0 aliphatic carbocycles. The van der Waals surface area contributed by atoms with Crippen LogP contribution in [0.1, 0.15) is 27.2 Å². The van der Waals surface area contributed by atoms with Gasteiger partial charge < -0.3 is 14.4 Å². The van der Waals surface area contributed by atoms with E-state index in [2.05, 4.69) is 0 Å². The monoisotopic (exact) mass is 199 g/mol. The smallest absolute Gasteiger partial charge is 0.210 e. The second-order valence-electron chi connectivity index (χ2n) is 4.59. The van der Waals surface area contributed by atoms with Crippen molar-refractivity contribution in [1.29, 1.82) is 0 Å². The zero-order valence-electron chi connectivity index (χ0n) is 8.90. The summed E-state index contributed by atoms with van der Waals surface area (Å²) in [5.41, 5.74) is -0.225. The minimum Gasteiger partial charge on any atom is -0.371 e. The molecule has 0 aromatic heterocycles. The van der Waals surface area contributed by atoms with Gasteiger partial charge in [0.25, 0.3) is 0 Å². The van der Waals surface area contributed by atoms with Crippen LogP contribution in [0.3, 0.4) is 0 Å². The van der Waals surface area contributed by atoms with Crippen LogP contribution in [-0.4, -0.2) is 41.9 Å². The van der Waals surface area contributed by atoms with Gasteiger partial charge in [-0.3, -0.25) is 4.79 Å². The van der Waals surface area contributed by atoms with Crippen LogP contribution in [0.5, 0.6) is 0 Å². The van der Waals surface area contributed by atoms with Crippen molar-refractivity contribution >= 4 is 12.7 Å². The van der Waals surface area contributed by atoms with Gasteiger partial charge in [0, 0.05) is 13.0 Å². The number of hydrogen-bond donors (Lipinski definition) is 0. The molecule has 1 heterocycles. The van der Waals surface area contributed by atoms with Crippen LogP contribution in [0.25, 0.3) is 0 Å². The number of nitrogens with zero attached hydrogens (tertiary/aromatic N) is 1. The molecule has 1 fully saturated rings. The van der Waals surface area contributed by atoms with E-state index in [1.807, 2.05) is 20.8 Å². The minimum atomic E-state index is -0.306. The van der Waals surface area contributed by atoms with E-state index in [4.69, 9.17) is 4.74 Å². The minimum absolute atomic E-state index is 0.0181. The van der Waals surface area contributed by atoms with E-state index in [-0.39, 0.29) is 17.7 Å². The third-order valence-corrected chi connectivity index (χ3v) is 2.16. The Balaban J connectivity index is 2.53. The van der Waals surface area contributed by atoms with Crippen LogP contribution in [0, 0.1) is 0 Å². The normalized spacial score (nSPS) is 27.8. The SMILES string of the molecule is CC(C)(C)O[C@@H]1C[C@@H](C=O)N(C=O)C1. The van der Waals surface area contributed by atoms with Gasteiger partial charge >= 0.3 is 0 Å². The number of ether oxygens (including phenoxy) is 1. The van der Waals surface area contributed by atoms with Crippen LogP contribution in [0.2, 0.25) is 0 Å². The Labute approximate surface area is 84.2 Å². The summed E-state index contributed by atoms with van der Waals surface area (Å²) in [7, 11) is 0. The Morgan fingerprint density at radius 2 is 2.00 bits per heavy atom. The number of carbonyl (C=O) groups is 2. The van der Waals surface area contributed by atoms with Crippen LogP contribution in [0.4, 0.5) is 0 Å². The first-order valence-corrected chi connectivity index (χ1v) is 4.80. The molecule has 1 saturated heterocycles. The van der Waals surface area contributed by atoms with E-state index in [1.54, 1.807) is 0 Å². The zero-order valence-corrected chi connectivity index (χ0v) is 8.90. The Kier molecular flexibility index (Phi) is 3.26. The van der Waals surface area contributed by atoms with Crippen molar-refractivity contribution in [2.45, 2.75) is 44.9 Å². The third kappa shape index (κ3) is 2.80. The van der Waals surface area contributed by atoms with E-state index in [1.165, 1.54) is 4.90 Å². The Bertz CT molecular complexity index is 206. The zero-order chi connectivity index (χ0) is 10.8. The van der Waals surface area contributed by atoms with Crippen LogP contribution < -0.4 is 0 Å². The van der Waals surface area contributed by atoms with E-state index in [0.29, 0.717) is 19.4 Å². The average molecular weight is 199 g/mol. The molecule has 0 aromatic carbocycles. The lowest BCUT2D eigenvalue weighted by molar-refractivity contribution is -0.123. The highest BCUT2D eigenvalue weighted by atomic mass is 16.5. The first-order valence-electron chi connectivity index (χ1n) is 4.80. The topological polar surface area (TPSA) is 46.6 Å². The Hall–Kier alpha value is -0.900. The highest BCUT2D eigenvalue weighted by Gasteiger charge is 2.33. The number of likely N-dealkylation sites (tertiary alicyclic amines) is 1. The highest BCUT2D eigenvalue weighted by molar-refractivity contribution is 5.65. The highest BCUT2D eigenvalue weighted by Crippen LogP contribution is 2.22. The molecule has 4 heteroatoms. The fourth-order valence-electron chi connectivity index (χ4n) is 1.69. The van der Waals surface area contributed by atoms with Gasteiger partial charge in [0.15, 0.2) is 0 Å². The van der Waals surface area contributed by atoms with Crippen molar-refractivity contribution in [3.63, 3.8) is 0 Å². The summed E-state index contributed by atoms with van der Waals surface area (Å²) in [6, 6.07) is -0.306. The molecule has 0 bridgehead atoms. The molecule has 14 heavy (non-hydrogen) atoms. The summed E-state index contributed by atoms with van der Waals surface area (Å²) in [5.74, 6) is 0. The predicted molar refractivity (Wildman–Crippen MR) is 51.9 cm³/mol. The molecule has 0 aromatic rings. The molecular weight excluding hydrogens is 182 g/mol. The summed E-state index contributed by atoms with van der Waals surface area (Å²) in [4.78, 5) is 22.7. The van der Waals surface area contributed by atoms with E-state index in [9.17, 15) is 9.59 Å². The summed E-state index contributed by atoms with van der Waals surface area (Å²) in [6.45, 7) is 6.41. The molecule has 1 aliphatic rings. The number of aldehydes is 1. The molecule has 80 valence electrons. The van der Waals surface area contributed by atoms with Crippen LogP contribution in [0.15, 0.2) is 0 Å². The lowest BCUT2D eigenvalue weighted by Crippen LogP contribution is -2.31. The fourth-order valence-corrected chi connectivity index (χ4v) is 1.69. The maximum atomic E-state index is 10.6. The fraction of sp³-hybridized carbons (Fsp3) is 0.800. The van der Waals surface area contributed by atoms with E-state index < -0.39 is 0 Å². The van der Waals surface area contributed by atoms with E-state index >= 15 is 0 Å². The number of carbonyl (C=O) groups excluding carboxylic acids is 2. The number of amides is 1. The molecule has 0 unspecified atom stereocenters. The second-order valence-corrected chi connectivity index (χ2v) is 4.59. The lowest BCUT2D eigenvalue weighted by Gasteiger charge is -2.24. The Morgan fingerprint density at radius 3 is 2.36 bits per heavy atom. The summed E-state index contributed by atoms with van der Waals surface area (Å²) < 4.78 is 5.70. The van der Waals surface area contributed by atoms with Gasteiger partial charge in [0.05, 0.1) is 17.7 Å². The third-order valence-electron chi connectivity index (χ3n) is 2.16. The van der Waals surface area contributed by atoms with Crippen LogP contribution >= 0.6 is 0 Å². The quantitative estimate of drug-likeness (QED) is 0.625.